The van der Waals surface area contributed by atoms with Gasteiger partial charge in [-0.25, -0.2) is 13.9 Å². The van der Waals surface area contributed by atoms with Crippen LogP contribution < -0.4 is 10.6 Å². The molecule has 1 unspecified atom stereocenters. The summed E-state index contributed by atoms with van der Waals surface area (Å²) in [6.45, 7) is 1.27. The van der Waals surface area contributed by atoms with Gasteiger partial charge in [0.05, 0.1) is 12.7 Å². The average Bonchev–Trinajstić information content (AvgIpc) is 3.28. The molecule has 2 aromatic carbocycles. The molecular formula is C22H18Cl2FN5O3. The number of halogens is 3. The molecule has 170 valence electrons. The third-order valence-electron chi connectivity index (χ3n) is 5.32. The highest BCUT2D eigenvalue weighted by atomic mass is 35.5. The van der Waals surface area contributed by atoms with Crippen molar-refractivity contribution in [2.75, 3.05) is 11.9 Å². The fraction of sp³-hybridized carbons (Fsp3) is 0.182. The quantitative estimate of drug-likeness (QED) is 0.514. The van der Waals surface area contributed by atoms with Crippen molar-refractivity contribution in [2.45, 2.75) is 19.0 Å². The Morgan fingerprint density at radius 2 is 1.88 bits per heavy atom. The third-order valence-corrected chi connectivity index (χ3v) is 5.90. The number of benzene rings is 2. The molecule has 4 rings (SSSR count). The molecule has 8 nitrogen and oxygen atoms in total. The van der Waals surface area contributed by atoms with Gasteiger partial charge in [0.1, 0.15) is 23.7 Å². The smallest absolute Gasteiger partial charge is 0.319 e. The molecule has 1 saturated heterocycles. The van der Waals surface area contributed by atoms with Crippen molar-refractivity contribution in [3.8, 4) is 0 Å². The first kappa shape index (κ1) is 22.8. The number of aromatic nitrogens is 2. The average molecular weight is 490 g/mol. The van der Waals surface area contributed by atoms with E-state index in [1.807, 2.05) is 0 Å². The molecule has 2 N–H and O–H groups in total. The predicted octanol–water partition coefficient (Wildman–Crippen LogP) is 3.78. The second-order valence-electron chi connectivity index (χ2n) is 7.61. The summed E-state index contributed by atoms with van der Waals surface area (Å²) < 4.78 is 14.8. The Hall–Kier alpha value is -3.43. The van der Waals surface area contributed by atoms with Gasteiger partial charge in [-0.1, -0.05) is 41.4 Å². The van der Waals surface area contributed by atoms with Crippen molar-refractivity contribution in [1.82, 2.24) is 20.0 Å². The molecule has 11 heteroatoms. The Labute approximate surface area is 198 Å². The van der Waals surface area contributed by atoms with E-state index in [4.69, 9.17) is 23.2 Å². The summed E-state index contributed by atoms with van der Waals surface area (Å²) in [5.74, 6) is -1.31. The molecule has 0 saturated carbocycles. The van der Waals surface area contributed by atoms with Crippen LogP contribution in [0, 0.1) is 5.82 Å². The zero-order valence-corrected chi connectivity index (χ0v) is 18.8. The van der Waals surface area contributed by atoms with Crippen LogP contribution in [0.1, 0.15) is 18.1 Å². The minimum atomic E-state index is -1.40. The van der Waals surface area contributed by atoms with Crippen molar-refractivity contribution in [1.29, 1.82) is 0 Å². The number of amides is 4. The summed E-state index contributed by atoms with van der Waals surface area (Å²) in [6, 6.07) is 11.1. The Morgan fingerprint density at radius 3 is 2.58 bits per heavy atom. The highest BCUT2D eigenvalue weighted by Crippen LogP contribution is 2.29. The summed E-state index contributed by atoms with van der Waals surface area (Å²) in [7, 11) is 0. The van der Waals surface area contributed by atoms with E-state index in [2.05, 4.69) is 15.7 Å². The first-order chi connectivity index (χ1) is 15.7. The van der Waals surface area contributed by atoms with Gasteiger partial charge >= 0.3 is 6.03 Å². The summed E-state index contributed by atoms with van der Waals surface area (Å²) >= 11 is 12.1. The maximum Gasteiger partial charge on any atom is 0.325 e. The van der Waals surface area contributed by atoms with E-state index in [1.54, 1.807) is 24.3 Å². The van der Waals surface area contributed by atoms with Crippen LogP contribution in [0.15, 0.2) is 54.7 Å². The van der Waals surface area contributed by atoms with Crippen molar-refractivity contribution < 1.29 is 18.8 Å². The van der Waals surface area contributed by atoms with Crippen molar-refractivity contribution in [3.05, 3.63) is 81.7 Å². The number of hydrogen-bond acceptors (Lipinski definition) is 4. The molecule has 0 aliphatic carbocycles. The van der Waals surface area contributed by atoms with Gasteiger partial charge < -0.3 is 10.6 Å². The number of hydrogen-bond donors (Lipinski definition) is 2. The van der Waals surface area contributed by atoms with Crippen molar-refractivity contribution in [2.24, 2.45) is 0 Å². The first-order valence-corrected chi connectivity index (χ1v) is 10.6. The number of carbonyl (C=O) groups is 3. The molecule has 0 spiro atoms. The highest BCUT2D eigenvalue weighted by molar-refractivity contribution is 6.35. The summed E-state index contributed by atoms with van der Waals surface area (Å²) in [5, 5.41) is 10.4. The predicted molar refractivity (Wildman–Crippen MR) is 120 cm³/mol. The SMILES string of the molecule is CC1(c2ccc(F)cc2)NC(=O)N(CC(=O)Nc2ccnn2Cc2ccc(Cl)cc2Cl)C1=O. The Bertz CT molecular complexity index is 1250. The summed E-state index contributed by atoms with van der Waals surface area (Å²) in [4.78, 5) is 38.9. The van der Waals surface area contributed by atoms with E-state index in [0.717, 1.165) is 10.5 Å². The molecule has 0 radical (unpaired) electrons. The van der Waals surface area contributed by atoms with E-state index in [-0.39, 0.29) is 6.54 Å². The lowest BCUT2D eigenvalue weighted by Gasteiger charge is -2.22. The van der Waals surface area contributed by atoms with Crippen molar-refractivity contribution >= 4 is 46.9 Å². The Morgan fingerprint density at radius 1 is 1.15 bits per heavy atom. The lowest BCUT2D eigenvalue weighted by molar-refractivity contribution is -0.133. The maximum atomic E-state index is 13.3. The van der Waals surface area contributed by atoms with Gasteiger partial charge in [0.15, 0.2) is 0 Å². The van der Waals surface area contributed by atoms with Crippen LogP contribution in [0.25, 0.3) is 0 Å². The lowest BCUT2D eigenvalue weighted by atomic mass is 9.92. The molecule has 3 aromatic rings. The van der Waals surface area contributed by atoms with Gasteiger partial charge in [0.25, 0.3) is 5.91 Å². The second kappa shape index (κ2) is 8.84. The van der Waals surface area contributed by atoms with Gasteiger partial charge in [-0.3, -0.25) is 14.5 Å². The van der Waals surface area contributed by atoms with Crippen LogP contribution >= 0.6 is 23.2 Å². The number of rotatable bonds is 6. The normalized spacial score (nSPS) is 17.9. The van der Waals surface area contributed by atoms with Crippen LogP contribution in [0.4, 0.5) is 15.0 Å². The number of nitrogens with one attached hydrogen (secondary N) is 2. The maximum absolute atomic E-state index is 13.3. The van der Waals surface area contributed by atoms with Gasteiger partial charge in [0.2, 0.25) is 5.91 Å². The standard InChI is InChI=1S/C22H18Cl2FN5O3/c1-22(14-3-6-16(25)7-4-14)20(32)29(21(33)28-22)12-19(31)27-18-8-9-26-30(18)11-13-2-5-15(23)10-17(13)24/h2-10H,11-12H2,1H3,(H,27,31)(H,28,33). The third kappa shape index (κ3) is 4.55. The fourth-order valence-corrected chi connectivity index (χ4v) is 3.99. The largest absolute Gasteiger partial charge is 0.325 e. The van der Waals surface area contributed by atoms with E-state index in [1.165, 1.54) is 42.1 Å². The molecule has 33 heavy (non-hydrogen) atoms. The van der Waals surface area contributed by atoms with Gasteiger partial charge in [-0.05, 0) is 42.3 Å². The van der Waals surface area contributed by atoms with Crippen LogP contribution in [0.5, 0.6) is 0 Å². The van der Waals surface area contributed by atoms with E-state index in [0.29, 0.717) is 21.4 Å². The number of urea groups is 1. The van der Waals surface area contributed by atoms with Crippen LogP contribution in [0.3, 0.4) is 0 Å². The van der Waals surface area contributed by atoms with Crippen LogP contribution in [-0.4, -0.2) is 39.1 Å². The van der Waals surface area contributed by atoms with Crippen LogP contribution in [0.2, 0.25) is 10.0 Å². The number of anilines is 1. The zero-order chi connectivity index (χ0) is 23.8. The Balaban J connectivity index is 1.45. The zero-order valence-electron chi connectivity index (χ0n) is 17.3. The fourth-order valence-electron chi connectivity index (χ4n) is 3.52. The molecule has 1 aliphatic heterocycles. The Kier molecular flexibility index (Phi) is 6.09. The molecule has 1 aromatic heterocycles. The molecule has 1 fully saturated rings. The summed E-state index contributed by atoms with van der Waals surface area (Å²) in [6.07, 6.45) is 1.50. The molecule has 2 heterocycles. The minimum absolute atomic E-state index is 0.268. The van der Waals surface area contributed by atoms with Gasteiger partial charge in [0, 0.05) is 16.1 Å². The van der Waals surface area contributed by atoms with E-state index < -0.39 is 35.7 Å². The van der Waals surface area contributed by atoms with E-state index >= 15 is 0 Å². The van der Waals surface area contributed by atoms with Crippen molar-refractivity contribution in [3.63, 3.8) is 0 Å². The molecular weight excluding hydrogens is 472 g/mol. The number of carbonyl (C=O) groups excluding carboxylic acids is 3. The monoisotopic (exact) mass is 489 g/mol. The molecule has 4 amide bonds. The van der Waals surface area contributed by atoms with Crippen LogP contribution in [-0.2, 0) is 21.7 Å². The highest BCUT2D eigenvalue weighted by Gasteiger charge is 2.49. The second-order valence-corrected chi connectivity index (χ2v) is 8.45. The molecule has 1 atom stereocenters. The van der Waals surface area contributed by atoms with Gasteiger partial charge in [-0.2, -0.15) is 5.10 Å². The van der Waals surface area contributed by atoms with Gasteiger partial charge in [-0.15, -0.1) is 0 Å². The first-order valence-electron chi connectivity index (χ1n) is 9.83. The topological polar surface area (TPSA) is 96.3 Å². The lowest BCUT2D eigenvalue weighted by Crippen LogP contribution is -2.42. The molecule has 0 bridgehead atoms. The summed E-state index contributed by atoms with van der Waals surface area (Å²) in [5.41, 5.74) is -0.259. The number of nitrogens with zero attached hydrogens (tertiary/aromatic N) is 3. The minimum Gasteiger partial charge on any atom is -0.319 e. The molecule has 1 aliphatic rings. The number of imide groups is 1. The van der Waals surface area contributed by atoms with E-state index in [9.17, 15) is 18.8 Å².